The Balaban J connectivity index is 2.82. The molecule has 0 unspecified atom stereocenters. The van der Waals surface area contributed by atoms with E-state index in [9.17, 15) is 0 Å². The van der Waals surface area contributed by atoms with Gasteiger partial charge in [-0.2, -0.15) is 0 Å². The molecule has 0 fully saturated rings. The van der Waals surface area contributed by atoms with Crippen LogP contribution in [0.5, 0.6) is 0 Å². The van der Waals surface area contributed by atoms with E-state index in [-0.39, 0.29) is 0 Å². The number of nitrogens with two attached hydrogens (primary N) is 1. The lowest BCUT2D eigenvalue weighted by molar-refractivity contribution is 1.08. The largest absolute Gasteiger partial charge is 0.399 e. The molecule has 94 valence electrons. The number of nitrogen functional groups attached to an aromatic ring is 1. The Bertz CT molecular complexity index is 513. The molecule has 0 bridgehead atoms. The number of allylic oxidation sites excluding steroid dienone is 5. The second kappa shape index (κ2) is 6.72. The lowest BCUT2D eigenvalue weighted by atomic mass is 10.1. The highest BCUT2D eigenvalue weighted by Gasteiger charge is 2.04. The van der Waals surface area contributed by atoms with E-state index in [4.69, 9.17) is 17.3 Å². The van der Waals surface area contributed by atoms with Crippen LogP contribution in [0.15, 0.2) is 61.4 Å². The van der Waals surface area contributed by atoms with Crippen LogP contribution in [0.4, 0.5) is 5.69 Å². The number of nitrogens with one attached hydrogen (secondary N) is 1. The topological polar surface area (TPSA) is 38.0 Å². The summed E-state index contributed by atoms with van der Waals surface area (Å²) in [6.07, 6.45) is 7.38. The molecule has 1 aromatic rings. The van der Waals surface area contributed by atoms with Crippen molar-refractivity contribution >= 4 is 23.0 Å². The maximum absolute atomic E-state index is 6.10. The van der Waals surface area contributed by atoms with E-state index >= 15 is 0 Å². The molecule has 1 rings (SSSR count). The number of anilines is 1. The van der Waals surface area contributed by atoms with Crippen LogP contribution < -0.4 is 11.1 Å². The Labute approximate surface area is 113 Å². The van der Waals surface area contributed by atoms with Gasteiger partial charge in [0.25, 0.3) is 0 Å². The highest BCUT2D eigenvalue weighted by molar-refractivity contribution is 6.32. The fourth-order valence-electron chi connectivity index (χ4n) is 1.40. The fourth-order valence-corrected chi connectivity index (χ4v) is 1.63. The maximum atomic E-state index is 6.10. The van der Waals surface area contributed by atoms with Crippen LogP contribution in [-0.2, 0) is 0 Å². The van der Waals surface area contributed by atoms with Crippen LogP contribution in [-0.4, -0.2) is 0 Å². The third-order valence-corrected chi connectivity index (χ3v) is 2.59. The van der Waals surface area contributed by atoms with E-state index in [1.54, 1.807) is 24.3 Å². The average Bonchev–Trinajstić information content (AvgIpc) is 2.32. The van der Waals surface area contributed by atoms with Crippen molar-refractivity contribution in [1.82, 2.24) is 5.32 Å². The van der Waals surface area contributed by atoms with Gasteiger partial charge in [-0.05, 0) is 31.2 Å². The Kier molecular flexibility index (Phi) is 5.28. The predicted molar refractivity (Wildman–Crippen MR) is 81.1 cm³/mol. The summed E-state index contributed by atoms with van der Waals surface area (Å²) in [5.74, 6) is 0. The minimum absolute atomic E-state index is 0.621. The van der Waals surface area contributed by atoms with Gasteiger partial charge in [-0.3, -0.25) is 0 Å². The zero-order valence-electron chi connectivity index (χ0n) is 10.4. The highest BCUT2D eigenvalue weighted by Crippen LogP contribution is 2.24. The SMILES string of the molecule is C=C/C=C\C=C(/C)NC(=C)c1cc(N)ccc1Cl. The minimum Gasteiger partial charge on any atom is -0.399 e. The molecule has 3 N–H and O–H groups in total. The fraction of sp³-hybridized carbons (Fsp3) is 0.0667. The first kappa shape index (κ1) is 14.1. The molecule has 2 nitrogen and oxygen atoms in total. The molecule has 0 heterocycles. The predicted octanol–water partition coefficient (Wildman–Crippen LogP) is 4.13. The molecule has 0 radical (unpaired) electrons. The first-order valence-corrected chi connectivity index (χ1v) is 5.89. The summed E-state index contributed by atoms with van der Waals surface area (Å²) < 4.78 is 0. The number of rotatable bonds is 5. The third-order valence-electron chi connectivity index (χ3n) is 2.26. The van der Waals surface area contributed by atoms with Crippen molar-refractivity contribution < 1.29 is 0 Å². The molecule has 0 atom stereocenters. The molecule has 18 heavy (non-hydrogen) atoms. The van der Waals surface area contributed by atoms with Gasteiger partial charge >= 0.3 is 0 Å². The Morgan fingerprint density at radius 2 is 2.11 bits per heavy atom. The summed E-state index contributed by atoms with van der Waals surface area (Å²) in [5, 5.41) is 3.79. The summed E-state index contributed by atoms with van der Waals surface area (Å²) in [6, 6.07) is 5.31. The molecule has 3 heteroatoms. The zero-order valence-corrected chi connectivity index (χ0v) is 11.2. The highest BCUT2D eigenvalue weighted by atomic mass is 35.5. The second-order valence-electron chi connectivity index (χ2n) is 3.81. The van der Waals surface area contributed by atoms with Crippen LogP contribution in [0.25, 0.3) is 5.70 Å². The molecule has 0 aliphatic carbocycles. The number of halogens is 1. The second-order valence-corrected chi connectivity index (χ2v) is 4.22. The molecule has 0 saturated carbocycles. The molecule has 0 aliphatic rings. The Morgan fingerprint density at radius 3 is 2.78 bits per heavy atom. The van der Waals surface area contributed by atoms with Crippen molar-refractivity contribution in [3.63, 3.8) is 0 Å². The lowest BCUT2D eigenvalue weighted by Gasteiger charge is -2.12. The maximum Gasteiger partial charge on any atom is 0.0500 e. The summed E-state index contributed by atoms with van der Waals surface area (Å²) in [4.78, 5) is 0. The van der Waals surface area contributed by atoms with Gasteiger partial charge in [0.15, 0.2) is 0 Å². The van der Waals surface area contributed by atoms with Gasteiger partial charge in [0.2, 0.25) is 0 Å². The molecule has 0 amide bonds. The summed E-state index contributed by atoms with van der Waals surface area (Å²) in [7, 11) is 0. The van der Waals surface area contributed by atoms with Crippen molar-refractivity contribution in [3.05, 3.63) is 71.9 Å². The minimum atomic E-state index is 0.621. The van der Waals surface area contributed by atoms with Crippen molar-refractivity contribution in [2.24, 2.45) is 0 Å². The van der Waals surface area contributed by atoms with Crippen LogP contribution in [0.3, 0.4) is 0 Å². The molecule has 0 aromatic heterocycles. The molecule has 1 aromatic carbocycles. The van der Waals surface area contributed by atoms with Crippen molar-refractivity contribution in [2.75, 3.05) is 5.73 Å². The van der Waals surface area contributed by atoms with E-state index in [0.29, 0.717) is 16.4 Å². The number of benzene rings is 1. The molecular weight excluding hydrogens is 244 g/mol. The third kappa shape index (κ3) is 4.15. The van der Waals surface area contributed by atoms with Gasteiger partial charge in [0, 0.05) is 22.6 Å². The van der Waals surface area contributed by atoms with E-state index in [1.807, 2.05) is 25.2 Å². The van der Waals surface area contributed by atoms with Gasteiger partial charge in [-0.1, -0.05) is 43.0 Å². The number of hydrogen-bond acceptors (Lipinski definition) is 2. The van der Waals surface area contributed by atoms with E-state index in [1.165, 1.54) is 0 Å². The van der Waals surface area contributed by atoms with Gasteiger partial charge in [-0.25, -0.2) is 0 Å². The quantitative estimate of drug-likeness (QED) is 0.617. The molecule has 0 saturated heterocycles. The van der Waals surface area contributed by atoms with Crippen LogP contribution in [0.2, 0.25) is 5.02 Å². The standard InChI is InChI=1S/C15H17ClN2/c1-4-5-6-7-11(2)18-12(3)14-10-13(17)8-9-15(14)16/h4-10,18H,1,3,17H2,2H3/b6-5-,11-7+. The molecule has 0 aliphatic heterocycles. The Morgan fingerprint density at radius 1 is 1.39 bits per heavy atom. The first-order valence-electron chi connectivity index (χ1n) is 5.52. The van der Waals surface area contributed by atoms with Gasteiger partial charge in [0.05, 0.1) is 5.02 Å². The van der Waals surface area contributed by atoms with Crippen LogP contribution >= 0.6 is 11.6 Å². The van der Waals surface area contributed by atoms with Gasteiger partial charge in [0.1, 0.15) is 0 Å². The smallest absolute Gasteiger partial charge is 0.0500 e. The molecule has 0 spiro atoms. The summed E-state index contributed by atoms with van der Waals surface area (Å²) in [6.45, 7) is 9.50. The number of hydrogen-bond donors (Lipinski definition) is 2. The van der Waals surface area contributed by atoms with Gasteiger partial charge < -0.3 is 11.1 Å². The van der Waals surface area contributed by atoms with E-state index < -0.39 is 0 Å². The summed E-state index contributed by atoms with van der Waals surface area (Å²) >= 11 is 6.10. The summed E-state index contributed by atoms with van der Waals surface area (Å²) in [5.41, 5.74) is 8.86. The zero-order chi connectivity index (χ0) is 13.5. The van der Waals surface area contributed by atoms with Crippen LogP contribution in [0.1, 0.15) is 12.5 Å². The van der Waals surface area contributed by atoms with E-state index in [2.05, 4.69) is 18.5 Å². The van der Waals surface area contributed by atoms with Crippen molar-refractivity contribution in [3.8, 4) is 0 Å². The lowest BCUT2D eigenvalue weighted by Crippen LogP contribution is -2.09. The molecular formula is C15H17ClN2. The Hall–Kier alpha value is -1.93. The van der Waals surface area contributed by atoms with Gasteiger partial charge in [-0.15, -0.1) is 0 Å². The van der Waals surface area contributed by atoms with Crippen LogP contribution in [0, 0.1) is 0 Å². The monoisotopic (exact) mass is 260 g/mol. The average molecular weight is 261 g/mol. The normalized spacial score (nSPS) is 11.6. The van der Waals surface area contributed by atoms with Crippen molar-refractivity contribution in [1.29, 1.82) is 0 Å². The first-order chi connectivity index (χ1) is 8.54. The van der Waals surface area contributed by atoms with Crippen molar-refractivity contribution in [2.45, 2.75) is 6.92 Å². The van der Waals surface area contributed by atoms with E-state index in [0.717, 1.165) is 11.3 Å².